The third kappa shape index (κ3) is 3.58. The molecule has 116 valence electrons. The van der Waals surface area contributed by atoms with E-state index < -0.39 is 0 Å². The number of para-hydroxylation sites is 1. The second-order valence-electron chi connectivity index (χ2n) is 5.97. The molecule has 2 heterocycles. The van der Waals surface area contributed by atoms with Gasteiger partial charge < -0.3 is 10.2 Å². The van der Waals surface area contributed by atoms with E-state index in [-0.39, 0.29) is 0 Å². The lowest BCUT2D eigenvalue weighted by Crippen LogP contribution is -2.33. The Labute approximate surface area is 140 Å². The molecular formula is C17H21BrN4. The Hall–Kier alpha value is -1.62. The van der Waals surface area contributed by atoms with Crippen molar-refractivity contribution in [2.45, 2.75) is 26.7 Å². The highest BCUT2D eigenvalue weighted by Crippen LogP contribution is 2.26. The molecule has 0 saturated carbocycles. The summed E-state index contributed by atoms with van der Waals surface area (Å²) < 4.78 is 1.01. The predicted molar refractivity (Wildman–Crippen MR) is 94.8 cm³/mol. The summed E-state index contributed by atoms with van der Waals surface area (Å²) in [6.07, 6.45) is 2.46. The number of anilines is 3. The molecule has 0 aliphatic carbocycles. The maximum absolute atomic E-state index is 4.70. The molecular weight excluding hydrogens is 340 g/mol. The van der Waals surface area contributed by atoms with Gasteiger partial charge in [-0.05, 0) is 53.7 Å². The van der Waals surface area contributed by atoms with Gasteiger partial charge in [-0.1, -0.05) is 19.1 Å². The normalized spacial score (nSPS) is 15.9. The molecule has 1 fully saturated rings. The van der Waals surface area contributed by atoms with Crippen LogP contribution < -0.4 is 10.2 Å². The first-order chi connectivity index (χ1) is 10.6. The van der Waals surface area contributed by atoms with Gasteiger partial charge in [-0.25, -0.2) is 4.98 Å². The van der Waals surface area contributed by atoms with Crippen molar-refractivity contribution in [2.75, 3.05) is 23.3 Å². The summed E-state index contributed by atoms with van der Waals surface area (Å²) >= 11 is 3.55. The number of piperidine rings is 1. The lowest BCUT2D eigenvalue weighted by Gasteiger charge is -2.31. The maximum atomic E-state index is 4.70. The van der Waals surface area contributed by atoms with Gasteiger partial charge in [-0.3, -0.25) is 0 Å². The number of nitrogens with zero attached hydrogens (tertiary/aromatic N) is 3. The van der Waals surface area contributed by atoms with Crippen LogP contribution in [0.3, 0.4) is 0 Å². The molecule has 5 heteroatoms. The number of hydrogen-bond donors (Lipinski definition) is 1. The average Bonchev–Trinajstić information content (AvgIpc) is 2.50. The van der Waals surface area contributed by atoms with Crippen LogP contribution in [0.1, 0.15) is 25.5 Å². The minimum absolute atomic E-state index is 0.653. The molecule has 1 aromatic carbocycles. The SMILES string of the molecule is Cc1cc(N2CCC(C)CC2)nc(Nc2ccccc2Br)n1. The van der Waals surface area contributed by atoms with Crippen LogP contribution in [0.5, 0.6) is 0 Å². The van der Waals surface area contributed by atoms with Gasteiger partial charge in [0.2, 0.25) is 5.95 Å². The van der Waals surface area contributed by atoms with Crippen molar-refractivity contribution in [3.05, 3.63) is 40.5 Å². The second kappa shape index (κ2) is 6.65. The van der Waals surface area contributed by atoms with Gasteiger partial charge in [-0.2, -0.15) is 4.98 Å². The first-order valence-corrected chi connectivity index (χ1v) is 8.53. The van der Waals surface area contributed by atoms with E-state index in [1.165, 1.54) is 12.8 Å². The van der Waals surface area contributed by atoms with Crippen LogP contribution in [-0.2, 0) is 0 Å². The Morgan fingerprint density at radius 2 is 1.91 bits per heavy atom. The van der Waals surface area contributed by atoms with Crippen LogP contribution >= 0.6 is 15.9 Å². The summed E-state index contributed by atoms with van der Waals surface area (Å²) in [7, 11) is 0. The van der Waals surface area contributed by atoms with Crippen molar-refractivity contribution < 1.29 is 0 Å². The molecule has 1 aliphatic rings. The van der Waals surface area contributed by atoms with Crippen LogP contribution in [0.2, 0.25) is 0 Å². The summed E-state index contributed by atoms with van der Waals surface area (Å²) in [5, 5.41) is 3.31. The molecule has 1 aromatic heterocycles. The highest BCUT2D eigenvalue weighted by Gasteiger charge is 2.18. The average molecular weight is 361 g/mol. The Morgan fingerprint density at radius 1 is 1.18 bits per heavy atom. The largest absolute Gasteiger partial charge is 0.356 e. The fourth-order valence-electron chi connectivity index (χ4n) is 2.69. The first kappa shape index (κ1) is 15.3. The molecule has 0 atom stereocenters. The summed E-state index contributed by atoms with van der Waals surface area (Å²) in [6, 6.07) is 10.1. The van der Waals surface area contributed by atoms with E-state index in [0.717, 1.165) is 40.7 Å². The van der Waals surface area contributed by atoms with Crippen molar-refractivity contribution in [1.82, 2.24) is 9.97 Å². The number of benzene rings is 1. The van der Waals surface area contributed by atoms with Crippen molar-refractivity contribution in [2.24, 2.45) is 5.92 Å². The van der Waals surface area contributed by atoms with Crippen molar-refractivity contribution >= 4 is 33.4 Å². The standard InChI is InChI=1S/C17H21BrN4/c1-12-7-9-22(10-8-12)16-11-13(2)19-17(21-16)20-15-6-4-3-5-14(15)18/h3-6,11-12H,7-10H2,1-2H3,(H,19,20,21). The highest BCUT2D eigenvalue weighted by molar-refractivity contribution is 9.10. The smallest absolute Gasteiger partial charge is 0.229 e. The quantitative estimate of drug-likeness (QED) is 0.872. The fraction of sp³-hybridized carbons (Fsp3) is 0.412. The summed E-state index contributed by atoms with van der Waals surface area (Å²) in [4.78, 5) is 11.6. The van der Waals surface area contributed by atoms with Crippen molar-refractivity contribution in [1.29, 1.82) is 0 Å². The molecule has 3 rings (SSSR count). The maximum Gasteiger partial charge on any atom is 0.229 e. The van der Waals surface area contributed by atoms with Crippen LogP contribution in [-0.4, -0.2) is 23.1 Å². The van der Waals surface area contributed by atoms with Crippen LogP contribution in [0.15, 0.2) is 34.8 Å². The van der Waals surface area contributed by atoms with Crippen LogP contribution in [0.25, 0.3) is 0 Å². The minimum Gasteiger partial charge on any atom is -0.356 e. The van der Waals surface area contributed by atoms with Crippen LogP contribution in [0.4, 0.5) is 17.5 Å². The van der Waals surface area contributed by atoms with E-state index in [9.17, 15) is 0 Å². The zero-order valence-electron chi connectivity index (χ0n) is 13.0. The van der Waals surface area contributed by atoms with E-state index in [0.29, 0.717) is 5.95 Å². The molecule has 0 amide bonds. The second-order valence-corrected chi connectivity index (χ2v) is 6.82. The minimum atomic E-state index is 0.653. The Morgan fingerprint density at radius 3 is 2.64 bits per heavy atom. The Bertz CT molecular complexity index is 651. The van der Waals surface area contributed by atoms with E-state index in [1.807, 2.05) is 31.2 Å². The first-order valence-electron chi connectivity index (χ1n) is 7.74. The summed E-state index contributed by atoms with van der Waals surface area (Å²) in [5.41, 5.74) is 1.96. The van der Waals surface area contributed by atoms with Gasteiger partial charge in [0.15, 0.2) is 0 Å². The van der Waals surface area contributed by atoms with Gasteiger partial charge in [0.05, 0.1) is 5.69 Å². The third-order valence-corrected chi connectivity index (χ3v) is 4.76. The topological polar surface area (TPSA) is 41.1 Å². The van der Waals surface area contributed by atoms with Gasteiger partial charge >= 0.3 is 0 Å². The zero-order valence-corrected chi connectivity index (χ0v) is 14.6. The van der Waals surface area contributed by atoms with E-state index in [4.69, 9.17) is 4.98 Å². The fourth-order valence-corrected chi connectivity index (χ4v) is 3.07. The summed E-state index contributed by atoms with van der Waals surface area (Å²) in [5.74, 6) is 2.49. The molecule has 1 aliphatic heterocycles. The molecule has 0 radical (unpaired) electrons. The number of rotatable bonds is 3. The zero-order chi connectivity index (χ0) is 15.5. The molecule has 0 bridgehead atoms. The van der Waals surface area contributed by atoms with Gasteiger partial charge in [-0.15, -0.1) is 0 Å². The lowest BCUT2D eigenvalue weighted by molar-refractivity contribution is 0.436. The Kier molecular flexibility index (Phi) is 4.62. The van der Waals surface area contributed by atoms with Crippen LogP contribution in [0, 0.1) is 12.8 Å². The molecule has 0 unspecified atom stereocenters. The molecule has 0 spiro atoms. The van der Waals surface area contributed by atoms with E-state index in [2.05, 4.69) is 44.1 Å². The van der Waals surface area contributed by atoms with E-state index >= 15 is 0 Å². The van der Waals surface area contributed by atoms with Crippen molar-refractivity contribution in [3.8, 4) is 0 Å². The molecule has 2 aromatic rings. The van der Waals surface area contributed by atoms with E-state index in [1.54, 1.807) is 0 Å². The molecule has 22 heavy (non-hydrogen) atoms. The number of hydrogen-bond acceptors (Lipinski definition) is 4. The monoisotopic (exact) mass is 360 g/mol. The third-order valence-electron chi connectivity index (χ3n) is 4.07. The molecule has 4 nitrogen and oxygen atoms in total. The van der Waals surface area contributed by atoms with Gasteiger partial charge in [0.1, 0.15) is 5.82 Å². The predicted octanol–water partition coefficient (Wildman–Crippen LogP) is 4.53. The Balaban J connectivity index is 1.82. The van der Waals surface area contributed by atoms with Crippen molar-refractivity contribution in [3.63, 3.8) is 0 Å². The number of nitrogens with one attached hydrogen (secondary N) is 1. The van der Waals surface area contributed by atoms with Gasteiger partial charge in [0, 0.05) is 29.3 Å². The highest BCUT2D eigenvalue weighted by atomic mass is 79.9. The number of halogens is 1. The van der Waals surface area contributed by atoms with Gasteiger partial charge in [0.25, 0.3) is 0 Å². The summed E-state index contributed by atoms with van der Waals surface area (Å²) in [6.45, 7) is 6.49. The lowest BCUT2D eigenvalue weighted by atomic mass is 9.99. The number of aromatic nitrogens is 2. The number of aryl methyl sites for hydroxylation is 1. The molecule has 1 saturated heterocycles. The molecule has 1 N–H and O–H groups in total.